The van der Waals surface area contributed by atoms with Gasteiger partial charge in [0.1, 0.15) is 6.61 Å². The fourth-order valence-electron chi connectivity index (χ4n) is 2.48. The van der Waals surface area contributed by atoms with Crippen LogP contribution in [0.15, 0.2) is 60.7 Å². The Hall–Kier alpha value is -2.39. The molecule has 24 heavy (non-hydrogen) atoms. The summed E-state index contributed by atoms with van der Waals surface area (Å²) in [5.41, 5.74) is 2.44. The Morgan fingerprint density at radius 2 is 1.54 bits per heavy atom. The number of ether oxygens (including phenoxy) is 1. The molecule has 0 spiro atoms. The van der Waals surface area contributed by atoms with Gasteiger partial charge in [0.2, 0.25) is 0 Å². The molecule has 2 aromatic rings. The summed E-state index contributed by atoms with van der Waals surface area (Å²) in [6.45, 7) is 7.29. The maximum absolute atomic E-state index is 12.6. The highest BCUT2D eigenvalue weighted by molar-refractivity contribution is 6.21. The van der Waals surface area contributed by atoms with E-state index in [1.165, 1.54) is 0 Å². The molecule has 3 heteroatoms. The molecule has 126 valence electrons. The highest BCUT2D eigenvalue weighted by atomic mass is 16.5. The largest absolute Gasteiger partial charge is 0.461 e. The van der Waals surface area contributed by atoms with Crippen LogP contribution in [0.3, 0.4) is 0 Å². The Morgan fingerprint density at radius 1 is 0.958 bits per heavy atom. The van der Waals surface area contributed by atoms with Gasteiger partial charge in [-0.3, -0.25) is 0 Å². The van der Waals surface area contributed by atoms with Crippen molar-refractivity contribution in [3.8, 4) is 0 Å². The second kappa shape index (κ2) is 9.68. The summed E-state index contributed by atoms with van der Waals surface area (Å²) >= 11 is 0. The molecular formula is C21H25NO2. The number of likely N-dealkylation sites (N-methyl/N-ethyl adjacent to an activating group) is 1. The topological polar surface area (TPSA) is 29.5 Å². The predicted octanol–water partition coefficient (Wildman–Crippen LogP) is 4.11. The standard InChI is InChI=1S/C21H25NO2/c1-3-22(4-2)15-16-24-21(23)20(19-13-9-6-10-14-19)17-18-11-7-5-8-12-18/h5-14,17H,3-4,15-16H2,1-2H3/b20-17-. The van der Waals surface area contributed by atoms with Gasteiger partial charge in [0.15, 0.2) is 0 Å². The van der Waals surface area contributed by atoms with Crippen LogP contribution in [0, 0.1) is 0 Å². The fraction of sp³-hybridized carbons (Fsp3) is 0.286. The molecule has 0 saturated heterocycles. The highest BCUT2D eigenvalue weighted by Gasteiger charge is 2.14. The third-order valence-corrected chi connectivity index (χ3v) is 3.95. The van der Waals surface area contributed by atoms with E-state index in [0.717, 1.165) is 30.8 Å². The SMILES string of the molecule is CCN(CC)CCOC(=O)/C(=C\c1ccccc1)c1ccccc1. The van der Waals surface area contributed by atoms with E-state index in [1.807, 2.05) is 66.7 Å². The first-order chi connectivity index (χ1) is 11.7. The molecule has 0 radical (unpaired) electrons. The summed E-state index contributed by atoms with van der Waals surface area (Å²) in [7, 11) is 0. The van der Waals surface area contributed by atoms with E-state index in [9.17, 15) is 4.79 Å². The Balaban J connectivity index is 2.14. The third kappa shape index (κ3) is 5.36. The van der Waals surface area contributed by atoms with Crippen LogP contribution in [-0.4, -0.2) is 37.1 Å². The van der Waals surface area contributed by atoms with Gasteiger partial charge in [-0.05, 0) is 30.3 Å². The van der Waals surface area contributed by atoms with Crippen LogP contribution in [0.4, 0.5) is 0 Å². The van der Waals surface area contributed by atoms with Gasteiger partial charge in [0.25, 0.3) is 0 Å². The van der Waals surface area contributed by atoms with E-state index in [2.05, 4.69) is 18.7 Å². The van der Waals surface area contributed by atoms with Crippen molar-refractivity contribution in [2.75, 3.05) is 26.2 Å². The summed E-state index contributed by atoms with van der Waals surface area (Å²) in [5.74, 6) is -0.280. The molecule has 0 N–H and O–H groups in total. The second-order valence-electron chi connectivity index (χ2n) is 5.50. The van der Waals surface area contributed by atoms with Gasteiger partial charge in [0.05, 0.1) is 5.57 Å². The highest BCUT2D eigenvalue weighted by Crippen LogP contribution is 2.19. The van der Waals surface area contributed by atoms with Crippen LogP contribution < -0.4 is 0 Å². The molecule has 0 aliphatic heterocycles. The molecular weight excluding hydrogens is 298 g/mol. The van der Waals surface area contributed by atoms with Gasteiger partial charge in [-0.25, -0.2) is 4.79 Å². The fourth-order valence-corrected chi connectivity index (χ4v) is 2.48. The lowest BCUT2D eigenvalue weighted by Gasteiger charge is -2.18. The molecule has 0 aliphatic rings. The average molecular weight is 323 g/mol. The minimum absolute atomic E-state index is 0.280. The molecule has 0 heterocycles. The zero-order valence-electron chi connectivity index (χ0n) is 14.4. The van der Waals surface area contributed by atoms with Gasteiger partial charge in [-0.1, -0.05) is 74.5 Å². The summed E-state index contributed by atoms with van der Waals surface area (Å²) < 4.78 is 5.52. The molecule has 0 atom stereocenters. The van der Waals surface area contributed by atoms with Gasteiger partial charge in [0, 0.05) is 6.54 Å². The monoisotopic (exact) mass is 323 g/mol. The Labute approximate surface area is 144 Å². The van der Waals surface area contributed by atoms with E-state index < -0.39 is 0 Å². The van der Waals surface area contributed by atoms with Crippen LogP contribution >= 0.6 is 0 Å². The number of hydrogen-bond donors (Lipinski definition) is 0. The van der Waals surface area contributed by atoms with Crippen molar-refractivity contribution in [1.29, 1.82) is 0 Å². The number of nitrogens with zero attached hydrogens (tertiary/aromatic N) is 1. The van der Waals surface area contributed by atoms with Crippen molar-refractivity contribution < 1.29 is 9.53 Å². The van der Waals surface area contributed by atoms with Crippen molar-refractivity contribution in [1.82, 2.24) is 4.90 Å². The predicted molar refractivity (Wildman–Crippen MR) is 99.5 cm³/mol. The van der Waals surface area contributed by atoms with Gasteiger partial charge in [-0.15, -0.1) is 0 Å². The van der Waals surface area contributed by atoms with E-state index in [4.69, 9.17) is 4.74 Å². The summed E-state index contributed by atoms with van der Waals surface area (Å²) in [6.07, 6.45) is 1.88. The molecule has 0 unspecified atom stereocenters. The molecule has 0 bridgehead atoms. The van der Waals surface area contributed by atoms with Crippen molar-refractivity contribution in [2.24, 2.45) is 0 Å². The molecule has 0 aromatic heterocycles. The number of carbonyl (C=O) groups excluding carboxylic acids is 1. The molecule has 3 nitrogen and oxygen atoms in total. The molecule has 0 aliphatic carbocycles. The molecule has 2 aromatic carbocycles. The first-order valence-corrected chi connectivity index (χ1v) is 8.46. The van der Waals surface area contributed by atoms with Crippen LogP contribution in [0.5, 0.6) is 0 Å². The smallest absolute Gasteiger partial charge is 0.338 e. The Kier molecular flexibility index (Phi) is 7.24. The van der Waals surface area contributed by atoms with E-state index in [1.54, 1.807) is 0 Å². The second-order valence-corrected chi connectivity index (χ2v) is 5.50. The van der Waals surface area contributed by atoms with E-state index >= 15 is 0 Å². The summed E-state index contributed by atoms with van der Waals surface area (Å²) in [5, 5.41) is 0. The van der Waals surface area contributed by atoms with Gasteiger partial charge in [-0.2, -0.15) is 0 Å². The number of hydrogen-bond acceptors (Lipinski definition) is 3. The maximum Gasteiger partial charge on any atom is 0.338 e. The number of benzene rings is 2. The number of rotatable bonds is 8. The normalized spacial score (nSPS) is 11.5. The molecule has 0 saturated carbocycles. The third-order valence-electron chi connectivity index (χ3n) is 3.95. The van der Waals surface area contributed by atoms with Crippen molar-refractivity contribution >= 4 is 17.6 Å². The van der Waals surface area contributed by atoms with Crippen molar-refractivity contribution in [2.45, 2.75) is 13.8 Å². The zero-order valence-corrected chi connectivity index (χ0v) is 14.4. The summed E-state index contributed by atoms with van der Waals surface area (Å²) in [4.78, 5) is 14.8. The first kappa shape index (κ1) is 18.0. The van der Waals surface area contributed by atoms with Gasteiger partial charge < -0.3 is 9.64 Å². The number of esters is 1. The number of carbonyl (C=O) groups is 1. The van der Waals surface area contributed by atoms with Crippen LogP contribution in [-0.2, 0) is 9.53 Å². The maximum atomic E-state index is 12.6. The lowest BCUT2D eigenvalue weighted by molar-refractivity contribution is -0.136. The quantitative estimate of drug-likeness (QED) is 0.416. The van der Waals surface area contributed by atoms with E-state index in [0.29, 0.717) is 12.2 Å². The lowest BCUT2D eigenvalue weighted by atomic mass is 10.0. The first-order valence-electron chi connectivity index (χ1n) is 8.46. The lowest BCUT2D eigenvalue weighted by Crippen LogP contribution is -2.28. The van der Waals surface area contributed by atoms with Crippen molar-refractivity contribution in [3.05, 3.63) is 71.8 Å². The van der Waals surface area contributed by atoms with Crippen molar-refractivity contribution in [3.63, 3.8) is 0 Å². The molecule has 0 fully saturated rings. The molecule has 0 amide bonds. The molecule has 2 rings (SSSR count). The van der Waals surface area contributed by atoms with Crippen LogP contribution in [0.2, 0.25) is 0 Å². The Bertz CT molecular complexity index is 646. The minimum Gasteiger partial charge on any atom is -0.461 e. The Morgan fingerprint density at radius 3 is 2.12 bits per heavy atom. The minimum atomic E-state index is -0.280. The van der Waals surface area contributed by atoms with Crippen LogP contribution in [0.25, 0.3) is 11.6 Å². The average Bonchev–Trinajstić information content (AvgIpc) is 2.64. The van der Waals surface area contributed by atoms with E-state index in [-0.39, 0.29) is 5.97 Å². The summed E-state index contributed by atoms with van der Waals surface area (Å²) in [6, 6.07) is 19.5. The van der Waals surface area contributed by atoms with Gasteiger partial charge >= 0.3 is 5.97 Å². The van der Waals surface area contributed by atoms with Crippen LogP contribution in [0.1, 0.15) is 25.0 Å². The zero-order chi connectivity index (χ0) is 17.2.